The van der Waals surface area contributed by atoms with Crippen LogP contribution in [0.1, 0.15) is 30.5 Å². The van der Waals surface area contributed by atoms with E-state index >= 15 is 0 Å². The van der Waals surface area contributed by atoms with E-state index in [4.69, 9.17) is 23.2 Å². The Morgan fingerprint density at radius 1 is 0.897 bits per heavy atom. The molecule has 2 amide bonds. The van der Waals surface area contributed by atoms with Crippen LogP contribution in [0.15, 0.2) is 72.8 Å². The topological polar surface area (TPSA) is 86.8 Å². The van der Waals surface area contributed by atoms with Gasteiger partial charge in [-0.1, -0.05) is 71.7 Å². The second-order valence-electron chi connectivity index (χ2n) is 9.72. The first kappa shape index (κ1) is 30.5. The zero-order valence-electron chi connectivity index (χ0n) is 22.4. The lowest BCUT2D eigenvalue weighted by molar-refractivity contribution is -0.140. The fourth-order valence-corrected chi connectivity index (χ4v) is 5.49. The number of hydrogen-bond donors (Lipinski definition) is 1. The van der Waals surface area contributed by atoms with Gasteiger partial charge >= 0.3 is 0 Å². The van der Waals surface area contributed by atoms with Gasteiger partial charge in [-0.2, -0.15) is 0 Å². The van der Waals surface area contributed by atoms with Crippen LogP contribution in [0.4, 0.5) is 5.69 Å². The maximum Gasteiger partial charge on any atom is 0.244 e. The summed E-state index contributed by atoms with van der Waals surface area (Å²) in [6.45, 7) is 4.96. The van der Waals surface area contributed by atoms with E-state index in [1.54, 1.807) is 37.3 Å². The van der Waals surface area contributed by atoms with Crippen molar-refractivity contribution in [1.29, 1.82) is 0 Å². The number of carbonyl (C=O) groups is 2. The molecule has 0 saturated carbocycles. The van der Waals surface area contributed by atoms with Gasteiger partial charge in [0.15, 0.2) is 0 Å². The highest BCUT2D eigenvalue weighted by Crippen LogP contribution is 2.27. The molecule has 3 rings (SSSR count). The number of nitrogens with zero attached hydrogens (tertiary/aromatic N) is 2. The summed E-state index contributed by atoms with van der Waals surface area (Å²) in [4.78, 5) is 29.0. The molecule has 0 spiro atoms. The van der Waals surface area contributed by atoms with Gasteiger partial charge in [0.2, 0.25) is 21.8 Å². The summed E-state index contributed by atoms with van der Waals surface area (Å²) < 4.78 is 26.9. The number of aryl methyl sites for hydroxylation is 1. The van der Waals surface area contributed by atoms with Gasteiger partial charge in [0.25, 0.3) is 0 Å². The van der Waals surface area contributed by atoms with Crippen LogP contribution in [-0.2, 0) is 32.6 Å². The number of carbonyl (C=O) groups excluding carboxylic acids is 2. The van der Waals surface area contributed by atoms with Crippen LogP contribution in [0, 0.1) is 6.92 Å². The number of amides is 2. The molecular weight excluding hydrogens is 557 g/mol. The Labute approximate surface area is 240 Å². The predicted octanol–water partition coefficient (Wildman–Crippen LogP) is 5.23. The molecule has 0 unspecified atom stereocenters. The second kappa shape index (κ2) is 13.3. The van der Waals surface area contributed by atoms with Gasteiger partial charge in [0, 0.05) is 29.1 Å². The average Bonchev–Trinajstić information content (AvgIpc) is 2.85. The molecule has 39 heavy (non-hydrogen) atoms. The van der Waals surface area contributed by atoms with Crippen molar-refractivity contribution in [2.75, 3.05) is 17.1 Å². The lowest BCUT2D eigenvalue weighted by Crippen LogP contribution is -2.54. The molecule has 7 nitrogen and oxygen atoms in total. The van der Waals surface area contributed by atoms with Crippen molar-refractivity contribution in [3.05, 3.63) is 99.5 Å². The molecule has 0 radical (unpaired) electrons. The summed E-state index contributed by atoms with van der Waals surface area (Å²) in [5.74, 6) is -0.881. The molecular formula is C29H33Cl2N3O4S. The minimum atomic E-state index is -3.88. The third-order valence-electron chi connectivity index (χ3n) is 6.06. The number of anilines is 1. The predicted molar refractivity (Wildman–Crippen MR) is 158 cm³/mol. The highest BCUT2D eigenvalue weighted by molar-refractivity contribution is 7.92. The van der Waals surface area contributed by atoms with Gasteiger partial charge < -0.3 is 10.2 Å². The molecule has 0 aromatic heterocycles. The van der Waals surface area contributed by atoms with E-state index in [9.17, 15) is 18.0 Å². The van der Waals surface area contributed by atoms with Gasteiger partial charge in [-0.05, 0) is 61.7 Å². The number of nitrogens with one attached hydrogen (secondary N) is 1. The van der Waals surface area contributed by atoms with Gasteiger partial charge in [-0.3, -0.25) is 13.9 Å². The monoisotopic (exact) mass is 589 g/mol. The summed E-state index contributed by atoms with van der Waals surface area (Å²) in [6.07, 6.45) is 1.27. The Bertz CT molecular complexity index is 1420. The van der Waals surface area contributed by atoms with E-state index in [1.807, 2.05) is 50.2 Å². The Morgan fingerprint density at radius 2 is 1.54 bits per heavy atom. The number of sulfonamides is 1. The highest BCUT2D eigenvalue weighted by atomic mass is 35.5. The molecule has 3 aromatic rings. The SMILES string of the molecule is Cc1ccc(Cl)cc1N(CC(=O)N(Cc1cccc(Cl)c1)[C@@H](Cc1ccccc1)C(=O)NC(C)C)S(C)(=O)=O. The van der Waals surface area contributed by atoms with Crippen LogP contribution < -0.4 is 9.62 Å². The molecule has 0 bridgehead atoms. The molecule has 0 aliphatic rings. The molecule has 0 aliphatic heterocycles. The van der Waals surface area contributed by atoms with E-state index in [1.165, 1.54) is 11.0 Å². The fourth-order valence-electron chi connectivity index (χ4n) is 4.21. The summed E-state index contributed by atoms with van der Waals surface area (Å²) in [5.41, 5.74) is 2.50. The summed E-state index contributed by atoms with van der Waals surface area (Å²) in [5, 5.41) is 3.74. The summed E-state index contributed by atoms with van der Waals surface area (Å²) >= 11 is 12.4. The summed E-state index contributed by atoms with van der Waals surface area (Å²) in [6, 6.07) is 20.2. The maximum absolute atomic E-state index is 14.1. The Balaban J connectivity index is 2.08. The zero-order valence-corrected chi connectivity index (χ0v) is 24.7. The van der Waals surface area contributed by atoms with E-state index in [-0.39, 0.29) is 24.9 Å². The third-order valence-corrected chi connectivity index (χ3v) is 7.66. The molecule has 0 heterocycles. The Hall–Kier alpha value is -3.07. The molecule has 208 valence electrons. The van der Waals surface area contributed by atoms with Gasteiger partial charge in [0.1, 0.15) is 12.6 Å². The van der Waals surface area contributed by atoms with Gasteiger partial charge in [-0.15, -0.1) is 0 Å². The molecule has 1 atom stereocenters. The number of hydrogen-bond acceptors (Lipinski definition) is 4. The minimum Gasteiger partial charge on any atom is -0.352 e. The lowest BCUT2D eigenvalue weighted by atomic mass is 10.0. The Morgan fingerprint density at radius 3 is 2.15 bits per heavy atom. The largest absolute Gasteiger partial charge is 0.352 e. The van der Waals surface area contributed by atoms with Crippen LogP contribution in [0.25, 0.3) is 0 Å². The van der Waals surface area contributed by atoms with Crippen LogP contribution in [0.5, 0.6) is 0 Å². The fraction of sp³-hybridized carbons (Fsp3) is 0.310. The Kier molecular flexibility index (Phi) is 10.4. The molecule has 0 fully saturated rings. The normalized spacial score (nSPS) is 12.2. The zero-order chi connectivity index (χ0) is 28.7. The van der Waals surface area contributed by atoms with Crippen molar-refractivity contribution in [1.82, 2.24) is 10.2 Å². The molecule has 3 aromatic carbocycles. The first-order valence-electron chi connectivity index (χ1n) is 12.5. The lowest BCUT2D eigenvalue weighted by Gasteiger charge is -2.34. The van der Waals surface area contributed by atoms with Crippen molar-refractivity contribution >= 4 is 50.7 Å². The van der Waals surface area contributed by atoms with E-state index in [0.29, 0.717) is 26.9 Å². The number of halogens is 2. The van der Waals surface area contributed by atoms with Crippen LogP contribution >= 0.6 is 23.2 Å². The van der Waals surface area contributed by atoms with E-state index in [0.717, 1.165) is 16.1 Å². The molecule has 10 heteroatoms. The highest BCUT2D eigenvalue weighted by Gasteiger charge is 2.33. The minimum absolute atomic E-state index is 0.0501. The van der Waals surface area contributed by atoms with Crippen LogP contribution in [0.2, 0.25) is 10.0 Å². The van der Waals surface area contributed by atoms with Crippen molar-refractivity contribution in [2.24, 2.45) is 0 Å². The van der Waals surface area contributed by atoms with Crippen molar-refractivity contribution in [3.8, 4) is 0 Å². The van der Waals surface area contributed by atoms with Crippen LogP contribution in [-0.4, -0.2) is 50.0 Å². The third kappa shape index (κ3) is 8.71. The second-order valence-corrected chi connectivity index (χ2v) is 12.5. The van der Waals surface area contributed by atoms with Crippen LogP contribution in [0.3, 0.4) is 0 Å². The van der Waals surface area contributed by atoms with Crippen molar-refractivity contribution in [3.63, 3.8) is 0 Å². The van der Waals surface area contributed by atoms with Crippen molar-refractivity contribution < 1.29 is 18.0 Å². The molecule has 1 N–H and O–H groups in total. The smallest absolute Gasteiger partial charge is 0.244 e. The first-order chi connectivity index (χ1) is 18.3. The van der Waals surface area contributed by atoms with E-state index in [2.05, 4.69) is 5.32 Å². The van der Waals surface area contributed by atoms with Gasteiger partial charge in [-0.25, -0.2) is 8.42 Å². The number of rotatable bonds is 11. The quantitative estimate of drug-likeness (QED) is 0.331. The van der Waals surface area contributed by atoms with Gasteiger partial charge in [0.05, 0.1) is 11.9 Å². The standard InChI is InChI=1S/C29H33Cl2N3O4S/c1-20(2)32-29(36)27(16-22-9-6-5-7-10-22)33(18-23-11-8-12-24(30)15-23)28(35)19-34(39(4,37)38)26-17-25(31)14-13-21(26)3/h5-15,17,20,27H,16,18-19H2,1-4H3,(H,32,36)/t27-/m0/s1. The molecule has 0 saturated heterocycles. The summed E-state index contributed by atoms with van der Waals surface area (Å²) in [7, 11) is -3.88. The molecule has 0 aliphatic carbocycles. The van der Waals surface area contributed by atoms with E-state index < -0.39 is 28.5 Å². The first-order valence-corrected chi connectivity index (χ1v) is 15.1. The number of benzene rings is 3. The van der Waals surface area contributed by atoms with Crippen molar-refractivity contribution in [2.45, 2.75) is 45.8 Å². The average molecular weight is 591 g/mol. The maximum atomic E-state index is 14.1.